The minimum Gasteiger partial charge on any atom is -0.395 e. The van der Waals surface area contributed by atoms with Crippen LogP contribution in [0.4, 0.5) is 0 Å². The zero-order valence-electron chi connectivity index (χ0n) is 7.42. The van der Waals surface area contributed by atoms with Crippen LogP contribution >= 0.6 is 11.8 Å². The van der Waals surface area contributed by atoms with Gasteiger partial charge in [-0.05, 0) is 6.42 Å². The molecule has 0 spiro atoms. The van der Waals surface area contributed by atoms with Crippen molar-refractivity contribution in [3.8, 4) is 0 Å². The molecule has 0 rings (SSSR count). The van der Waals surface area contributed by atoms with Crippen molar-refractivity contribution in [1.82, 2.24) is 0 Å². The summed E-state index contributed by atoms with van der Waals surface area (Å²) in [4.78, 5) is 0. The van der Waals surface area contributed by atoms with Crippen molar-refractivity contribution in [3.63, 3.8) is 0 Å². The summed E-state index contributed by atoms with van der Waals surface area (Å²) in [7, 11) is 0. The Morgan fingerprint density at radius 2 is 2.18 bits per heavy atom. The lowest BCUT2D eigenvalue weighted by atomic mass is 10.2. The Morgan fingerprint density at radius 1 is 1.55 bits per heavy atom. The molecule has 0 aromatic rings. The molecular weight excluding hydrogens is 158 g/mol. The van der Waals surface area contributed by atoms with Gasteiger partial charge in [-0.1, -0.05) is 20.3 Å². The third kappa shape index (κ3) is 6.66. The first-order chi connectivity index (χ1) is 5.20. The van der Waals surface area contributed by atoms with Crippen LogP contribution in [0.2, 0.25) is 0 Å². The van der Waals surface area contributed by atoms with E-state index < -0.39 is 0 Å². The Hall–Kier alpha value is 0.270. The van der Waals surface area contributed by atoms with E-state index in [4.69, 9.17) is 10.8 Å². The maximum atomic E-state index is 8.72. The molecule has 11 heavy (non-hydrogen) atoms. The van der Waals surface area contributed by atoms with Crippen molar-refractivity contribution in [2.75, 3.05) is 12.4 Å². The summed E-state index contributed by atoms with van der Waals surface area (Å²) >= 11 is 1.75. The highest BCUT2D eigenvalue weighted by molar-refractivity contribution is 7.99. The summed E-state index contributed by atoms with van der Waals surface area (Å²) in [6, 6.07) is 0.305. The van der Waals surface area contributed by atoms with Gasteiger partial charge in [0.05, 0.1) is 6.61 Å². The molecule has 0 radical (unpaired) electrons. The first-order valence-corrected chi connectivity index (χ1v) is 5.23. The van der Waals surface area contributed by atoms with Gasteiger partial charge in [0.1, 0.15) is 0 Å². The summed E-state index contributed by atoms with van der Waals surface area (Å²) in [5, 5.41) is 9.05. The van der Waals surface area contributed by atoms with Crippen molar-refractivity contribution < 1.29 is 5.11 Å². The first kappa shape index (κ1) is 11.3. The number of hydrogen-bond acceptors (Lipinski definition) is 3. The second-order valence-corrected chi connectivity index (χ2v) is 4.35. The van der Waals surface area contributed by atoms with Crippen molar-refractivity contribution in [1.29, 1.82) is 0 Å². The van der Waals surface area contributed by atoms with Gasteiger partial charge in [0.15, 0.2) is 0 Å². The second-order valence-electron chi connectivity index (χ2n) is 2.88. The zero-order chi connectivity index (χ0) is 8.69. The monoisotopic (exact) mass is 177 g/mol. The van der Waals surface area contributed by atoms with Crippen molar-refractivity contribution in [2.24, 2.45) is 5.73 Å². The molecule has 0 aromatic heterocycles. The molecule has 0 aromatic carbocycles. The first-order valence-electron chi connectivity index (χ1n) is 4.18. The fourth-order valence-corrected chi connectivity index (χ4v) is 1.64. The van der Waals surface area contributed by atoms with Crippen LogP contribution in [-0.4, -0.2) is 28.8 Å². The second kappa shape index (κ2) is 6.95. The summed E-state index contributed by atoms with van der Waals surface area (Å²) in [6.45, 7) is 4.41. The number of aliphatic hydroxyl groups is 1. The topological polar surface area (TPSA) is 46.2 Å². The van der Waals surface area contributed by atoms with Crippen LogP contribution in [-0.2, 0) is 0 Å². The van der Waals surface area contributed by atoms with Crippen LogP contribution in [0.1, 0.15) is 26.7 Å². The van der Waals surface area contributed by atoms with Gasteiger partial charge in [-0.25, -0.2) is 0 Å². The molecular formula is C8H19NOS. The Bertz CT molecular complexity index is 90.2. The number of hydrogen-bond donors (Lipinski definition) is 2. The number of nitrogens with two attached hydrogens (primary N) is 1. The number of rotatable bonds is 6. The lowest BCUT2D eigenvalue weighted by Crippen LogP contribution is -2.23. The van der Waals surface area contributed by atoms with Crippen LogP contribution < -0.4 is 5.73 Å². The molecule has 2 nitrogen and oxygen atoms in total. The van der Waals surface area contributed by atoms with E-state index in [9.17, 15) is 0 Å². The van der Waals surface area contributed by atoms with E-state index in [0.29, 0.717) is 11.3 Å². The zero-order valence-corrected chi connectivity index (χ0v) is 8.23. The normalized spacial score (nSPS) is 16.4. The molecule has 68 valence electrons. The van der Waals surface area contributed by atoms with Gasteiger partial charge >= 0.3 is 0 Å². The lowest BCUT2D eigenvalue weighted by molar-refractivity contribution is 0.300. The molecule has 2 unspecified atom stereocenters. The minimum absolute atomic E-state index is 0.253. The largest absolute Gasteiger partial charge is 0.395 e. The maximum Gasteiger partial charge on any atom is 0.0547 e. The molecule has 0 bridgehead atoms. The van der Waals surface area contributed by atoms with Gasteiger partial charge in [0.25, 0.3) is 0 Å². The van der Waals surface area contributed by atoms with Crippen LogP contribution in [0.15, 0.2) is 0 Å². The predicted molar refractivity (Wildman–Crippen MR) is 51.9 cm³/mol. The van der Waals surface area contributed by atoms with E-state index in [1.807, 2.05) is 6.92 Å². The van der Waals surface area contributed by atoms with E-state index in [-0.39, 0.29) is 6.61 Å². The summed E-state index contributed by atoms with van der Waals surface area (Å²) < 4.78 is 0. The number of aliphatic hydroxyl groups excluding tert-OH is 1. The standard InChI is InChI=1S/C8H19NOS/c1-3-4-8(9)6-11-7(2)5-10/h7-8,10H,3-6,9H2,1-2H3. The third-order valence-electron chi connectivity index (χ3n) is 1.51. The van der Waals surface area contributed by atoms with Gasteiger partial charge in [-0.2, -0.15) is 11.8 Å². The summed E-state index contributed by atoms with van der Waals surface area (Å²) in [5.74, 6) is 0.968. The Kier molecular flexibility index (Phi) is 7.12. The molecule has 0 aliphatic rings. The SMILES string of the molecule is CCCC(N)CSC(C)CO. The van der Waals surface area contributed by atoms with Gasteiger partial charge in [-0.3, -0.25) is 0 Å². The van der Waals surface area contributed by atoms with E-state index in [1.165, 1.54) is 0 Å². The molecule has 0 aliphatic heterocycles. The van der Waals surface area contributed by atoms with Gasteiger partial charge in [-0.15, -0.1) is 0 Å². The van der Waals surface area contributed by atoms with E-state index >= 15 is 0 Å². The van der Waals surface area contributed by atoms with Crippen LogP contribution in [0.25, 0.3) is 0 Å². The van der Waals surface area contributed by atoms with Crippen LogP contribution in [0.3, 0.4) is 0 Å². The quantitative estimate of drug-likeness (QED) is 0.641. The van der Waals surface area contributed by atoms with E-state index in [0.717, 1.165) is 18.6 Å². The highest BCUT2D eigenvalue weighted by Gasteiger charge is 2.04. The smallest absolute Gasteiger partial charge is 0.0547 e. The maximum absolute atomic E-state index is 8.72. The molecule has 2 atom stereocenters. The minimum atomic E-state index is 0.253. The van der Waals surface area contributed by atoms with Crippen LogP contribution in [0.5, 0.6) is 0 Å². The van der Waals surface area contributed by atoms with Crippen LogP contribution in [0, 0.1) is 0 Å². The fourth-order valence-electron chi connectivity index (χ4n) is 0.795. The van der Waals surface area contributed by atoms with Gasteiger partial charge in [0.2, 0.25) is 0 Å². The van der Waals surface area contributed by atoms with Crippen molar-refractivity contribution >= 4 is 11.8 Å². The predicted octanol–water partition coefficient (Wildman–Crippen LogP) is 1.23. The lowest BCUT2D eigenvalue weighted by Gasteiger charge is -2.12. The summed E-state index contributed by atoms with van der Waals surface area (Å²) in [6.07, 6.45) is 2.24. The van der Waals surface area contributed by atoms with E-state index in [2.05, 4.69) is 6.92 Å². The average molecular weight is 177 g/mol. The Balaban J connectivity index is 3.22. The highest BCUT2D eigenvalue weighted by Crippen LogP contribution is 2.11. The average Bonchev–Trinajstić information content (AvgIpc) is 2.01. The molecule has 0 aliphatic carbocycles. The Labute approximate surface area is 73.6 Å². The molecule has 0 fully saturated rings. The van der Waals surface area contributed by atoms with Gasteiger partial charge < -0.3 is 10.8 Å². The third-order valence-corrected chi connectivity index (χ3v) is 2.85. The highest BCUT2D eigenvalue weighted by atomic mass is 32.2. The fraction of sp³-hybridized carbons (Fsp3) is 1.00. The number of thioether (sulfide) groups is 1. The van der Waals surface area contributed by atoms with Gasteiger partial charge in [0, 0.05) is 17.0 Å². The molecule has 0 saturated carbocycles. The Morgan fingerprint density at radius 3 is 2.64 bits per heavy atom. The molecule has 0 saturated heterocycles. The molecule has 0 heterocycles. The van der Waals surface area contributed by atoms with Crippen molar-refractivity contribution in [3.05, 3.63) is 0 Å². The van der Waals surface area contributed by atoms with Crippen molar-refractivity contribution in [2.45, 2.75) is 38.0 Å². The summed E-state index contributed by atoms with van der Waals surface area (Å²) in [5.41, 5.74) is 5.78. The molecule has 3 heteroatoms. The molecule has 3 N–H and O–H groups in total. The van der Waals surface area contributed by atoms with E-state index in [1.54, 1.807) is 11.8 Å². The molecule has 0 amide bonds.